The van der Waals surface area contributed by atoms with Crippen molar-refractivity contribution in [1.29, 1.82) is 0 Å². The lowest BCUT2D eigenvalue weighted by Crippen LogP contribution is -2.43. The zero-order valence-corrected chi connectivity index (χ0v) is 10.8. The highest BCUT2D eigenvalue weighted by Gasteiger charge is 2.21. The molecule has 1 N–H and O–H groups in total. The first-order valence-electron chi connectivity index (χ1n) is 5.38. The Hall–Kier alpha value is -0.180. The molecule has 2 atom stereocenters. The minimum Gasteiger partial charge on any atom is -0.352 e. The molecule has 0 aliphatic rings. The largest absolute Gasteiger partial charge is 0.352 e. The van der Waals surface area contributed by atoms with Crippen LogP contribution in [-0.2, 0) is 4.79 Å². The summed E-state index contributed by atoms with van der Waals surface area (Å²) in [5, 5.41) is 2.84. The second kappa shape index (κ2) is 6.33. The predicted octanol–water partition coefficient (Wildman–Crippen LogP) is 2.49. The molecule has 2 nitrogen and oxygen atoms in total. The maximum Gasteiger partial charge on any atom is 0.233 e. The third kappa shape index (κ3) is 4.36. The van der Waals surface area contributed by atoms with E-state index in [0.29, 0.717) is 5.92 Å². The van der Waals surface area contributed by atoms with Gasteiger partial charge in [0.15, 0.2) is 0 Å². The molecule has 0 bridgehead atoms. The van der Waals surface area contributed by atoms with Gasteiger partial charge in [0.25, 0.3) is 0 Å². The molecule has 0 spiro atoms. The normalized spacial score (nSPS) is 15.7. The molecule has 0 fully saturated rings. The van der Waals surface area contributed by atoms with Crippen molar-refractivity contribution in [2.75, 3.05) is 0 Å². The Labute approximate surface area is 93.3 Å². The van der Waals surface area contributed by atoms with Gasteiger partial charge in [-0.2, -0.15) is 12.6 Å². The lowest BCUT2D eigenvalue weighted by Gasteiger charge is -2.23. The summed E-state index contributed by atoms with van der Waals surface area (Å²) in [6.07, 6.45) is 0.974. The number of carbonyl (C=O) groups is 1. The van der Waals surface area contributed by atoms with Crippen LogP contribution in [0.2, 0.25) is 0 Å². The van der Waals surface area contributed by atoms with Crippen LogP contribution in [0.1, 0.15) is 41.0 Å². The second-order valence-corrected chi connectivity index (χ2v) is 5.01. The molecule has 0 aromatic carbocycles. The van der Waals surface area contributed by atoms with Gasteiger partial charge in [-0.1, -0.05) is 34.6 Å². The van der Waals surface area contributed by atoms with Gasteiger partial charge >= 0.3 is 0 Å². The highest BCUT2D eigenvalue weighted by Crippen LogP contribution is 2.11. The van der Waals surface area contributed by atoms with Gasteiger partial charge in [0.2, 0.25) is 5.91 Å². The number of carbonyl (C=O) groups excluding carboxylic acids is 1. The van der Waals surface area contributed by atoms with Gasteiger partial charge in [0.1, 0.15) is 0 Å². The molecule has 0 saturated heterocycles. The zero-order valence-electron chi connectivity index (χ0n) is 9.87. The average Bonchev–Trinajstić information content (AvgIpc) is 2.11. The molecular weight excluding hydrogens is 194 g/mol. The first kappa shape index (κ1) is 13.8. The van der Waals surface area contributed by atoms with E-state index in [4.69, 9.17) is 0 Å². The fourth-order valence-electron chi connectivity index (χ4n) is 1.31. The predicted molar refractivity (Wildman–Crippen MR) is 64.7 cm³/mol. The van der Waals surface area contributed by atoms with Gasteiger partial charge < -0.3 is 5.32 Å². The summed E-state index contributed by atoms with van der Waals surface area (Å²) in [6.45, 7) is 10.4. The van der Waals surface area contributed by atoms with Crippen LogP contribution >= 0.6 is 12.6 Å². The van der Waals surface area contributed by atoms with Crippen molar-refractivity contribution in [3.8, 4) is 0 Å². The standard InChI is InChI=1S/C11H23NOS/c1-6-9(7(2)3)12-11(13)10(14)8(4)5/h7-10,14H,6H2,1-5H3,(H,12,13). The van der Waals surface area contributed by atoms with Gasteiger partial charge in [-0.25, -0.2) is 0 Å². The van der Waals surface area contributed by atoms with E-state index in [9.17, 15) is 4.79 Å². The van der Waals surface area contributed by atoms with E-state index < -0.39 is 0 Å². The van der Waals surface area contributed by atoms with E-state index in [-0.39, 0.29) is 23.1 Å². The van der Waals surface area contributed by atoms with Crippen LogP contribution in [0.5, 0.6) is 0 Å². The summed E-state index contributed by atoms with van der Waals surface area (Å²) < 4.78 is 0. The quantitative estimate of drug-likeness (QED) is 0.681. The van der Waals surface area contributed by atoms with E-state index in [1.165, 1.54) is 0 Å². The molecule has 0 saturated carbocycles. The molecule has 0 radical (unpaired) electrons. The van der Waals surface area contributed by atoms with Gasteiger partial charge in [0, 0.05) is 6.04 Å². The Morgan fingerprint density at radius 1 is 1.21 bits per heavy atom. The summed E-state index contributed by atoms with van der Waals surface area (Å²) >= 11 is 4.29. The minimum atomic E-state index is -0.192. The van der Waals surface area contributed by atoms with Crippen molar-refractivity contribution in [1.82, 2.24) is 5.32 Å². The third-order valence-corrected chi connectivity index (χ3v) is 3.30. The Morgan fingerprint density at radius 2 is 1.71 bits per heavy atom. The molecule has 14 heavy (non-hydrogen) atoms. The molecule has 0 aromatic heterocycles. The highest BCUT2D eigenvalue weighted by atomic mass is 32.1. The second-order valence-electron chi connectivity index (χ2n) is 4.46. The summed E-state index contributed by atoms with van der Waals surface area (Å²) in [7, 11) is 0. The lowest BCUT2D eigenvalue weighted by atomic mass is 10.0. The minimum absolute atomic E-state index is 0.0592. The van der Waals surface area contributed by atoms with E-state index in [1.807, 2.05) is 13.8 Å². The molecule has 0 rings (SSSR count). The van der Waals surface area contributed by atoms with E-state index >= 15 is 0 Å². The van der Waals surface area contributed by atoms with Gasteiger partial charge in [0.05, 0.1) is 5.25 Å². The molecule has 1 amide bonds. The van der Waals surface area contributed by atoms with E-state index in [0.717, 1.165) is 6.42 Å². The first-order chi connectivity index (χ1) is 6.40. The van der Waals surface area contributed by atoms with Crippen molar-refractivity contribution < 1.29 is 4.79 Å². The zero-order chi connectivity index (χ0) is 11.3. The summed E-state index contributed by atoms with van der Waals surface area (Å²) in [5.74, 6) is 0.823. The van der Waals surface area contributed by atoms with Crippen molar-refractivity contribution in [3.63, 3.8) is 0 Å². The SMILES string of the molecule is CCC(NC(=O)C(S)C(C)C)C(C)C. The van der Waals surface area contributed by atoms with Crippen LogP contribution in [0.4, 0.5) is 0 Å². The molecule has 3 heteroatoms. The Bertz CT molecular complexity index is 180. The lowest BCUT2D eigenvalue weighted by molar-refractivity contribution is -0.122. The van der Waals surface area contributed by atoms with Crippen molar-refractivity contribution in [2.45, 2.75) is 52.3 Å². The first-order valence-corrected chi connectivity index (χ1v) is 5.90. The summed E-state index contributed by atoms with van der Waals surface area (Å²) in [4.78, 5) is 11.7. The number of nitrogens with one attached hydrogen (secondary N) is 1. The fourth-order valence-corrected chi connectivity index (χ4v) is 1.39. The van der Waals surface area contributed by atoms with Gasteiger partial charge in [-0.3, -0.25) is 4.79 Å². The third-order valence-electron chi connectivity index (χ3n) is 2.47. The number of thiol groups is 1. The van der Waals surface area contributed by atoms with Crippen LogP contribution in [0.15, 0.2) is 0 Å². The van der Waals surface area contributed by atoms with Crippen molar-refractivity contribution >= 4 is 18.5 Å². The van der Waals surface area contributed by atoms with E-state index in [1.54, 1.807) is 0 Å². The Balaban J connectivity index is 4.15. The number of hydrogen-bond acceptors (Lipinski definition) is 2. The van der Waals surface area contributed by atoms with Crippen molar-refractivity contribution in [2.24, 2.45) is 11.8 Å². The number of amides is 1. The topological polar surface area (TPSA) is 29.1 Å². The fraction of sp³-hybridized carbons (Fsp3) is 0.909. The Kier molecular flexibility index (Phi) is 6.25. The molecule has 0 aliphatic heterocycles. The summed E-state index contributed by atoms with van der Waals surface area (Å²) in [6, 6.07) is 0.274. The molecule has 0 heterocycles. The van der Waals surface area contributed by atoms with Gasteiger partial charge in [-0.15, -0.1) is 0 Å². The van der Waals surface area contributed by atoms with Crippen molar-refractivity contribution in [3.05, 3.63) is 0 Å². The van der Waals surface area contributed by atoms with Crippen LogP contribution in [0.3, 0.4) is 0 Å². The molecule has 0 aromatic rings. The monoisotopic (exact) mass is 217 g/mol. The molecule has 0 aliphatic carbocycles. The van der Waals surface area contributed by atoms with Crippen LogP contribution < -0.4 is 5.32 Å². The van der Waals surface area contributed by atoms with Crippen LogP contribution in [-0.4, -0.2) is 17.2 Å². The molecular formula is C11H23NOS. The van der Waals surface area contributed by atoms with Crippen LogP contribution in [0, 0.1) is 11.8 Å². The molecule has 2 unspecified atom stereocenters. The molecule has 84 valence electrons. The smallest absolute Gasteiger partial charge is 0.233 e. The Morgan fingerprint density at radius 3 is 2.00 bits per heavy atom. The number of hydrogen-bond donors (Lipinski definition) is 2. The van der Waals surface area contributed by atoms with Crippen LogP contribution in [0.25, 0.3) is 0 Å². The average molecular weight is 217 g/mol. The number of rotatable bonds is 5. The maximum atomic E-state index is 11.7. The van der Waals surface area contributed by atoms with Gasteiger partial charge in [-0.05, 0) is 18.3 Å². The highest BCUT2D eigenvalue weighted by molar-refractivity contribution is 7.81. The summed E-state index contributed by atoms with van der Waals surface area (Å²) in [5.41, 5.74) is 0. The van der Waals surface area contributed by atoms with E-state index in [2.05, 4.69) is 38.7 Å². The maximum absolute atomic E-state index is 11.7.